The summed E-state index contributed by atoms with van der Waals surface area (Å²) >= 11 is 0. The molecule has 3 rings (SSSR count). The number of rotatable bonds is 7. The van der Waals surface area contributed by atoms with Gasteiger partial charge in [-0.05, 0) is 29.7 Å². The number of ether oxygens (including phenoxy) is 1. The second kappa shape index (κ2) is 9.39. The molecule has 1 heterocycles. The molecule has 1 amide bonds. The number of anilines is 1. The van der Waals surface area contributed by atoms with Gasteiger partial charge in [0.1, 0.15) is 18.0 Å². The Balaban J connectivity index is 1.98. The third kappa shape index (κ3) is 5.35. The van der Waals surface area contributed by atoms with Crippen molar-refractivity contribution in [2.75, 3.05) is 25.5 Å². The van der Waals surface area contributed by atoms with Gasteiger partial charge in [0.2, 0.25) is 0 Å². The maximum Gasteiger partial charge on any atom is 0.405 e. The summed E-state index contributed by atoms with van der Waals surface area (Å²) < 4.78 is 42.6. The number of carbonyl (C=O) groups excluding carboxylic acids is 1. The molecule has 6 nitrogen and oxygen atoms in total. The van der Waals surface area contributed by atoms with E-state index >= 15 is 0 Å². The number of aromatic nitrogens is 1. The van der Waals surface area contributed by atoms with Crippen LogP contribution in [0.25, 0.3) is 22.0 Å². The predicted octanol–water partition coefficient (Wildman–Crippen LogP) is 4.69. The number of nitriles is 1. The van der Waals surface area contributed by atoms with E-state index in [0.717, 1.165) is 10.8 Å². The Morgan fingerprint density at radius 3 is 2.66 bits per heavy atom. The van der Waals surface area contributed by atoms with Crippen LogP contribution in [0, 0.1) is 11.3 Å². The van der Waals surface area contributed by atoms with Gasteiger partial charge in [0.25, 0.3) is 5.91 Å². The number of halogens is 3. The first-order valence-electron chi connectivity index (χ1n) is 9.46. The molecule has 0 aliphatic rings. The SMILES string of the molecule is C=C(C#N)CNc1c(OC)ccc2ccc(-c3cccc(C(=O)NCC(F)(F)F)n3)cc12. The smallest absolute Gasteiger partial charge is 0.405 e. The van der Waals surface area contributed by atoms with E-state index in [1.165, 1.54) is 13.2 Å². The molecule has 3 aromatic rings. The molecule has 0 spiro atoms. The van der Waals surface area contributed by atoms with Gasteiger partial charge >= 0.3 is 6.18 Å². The van der Waals surface area contributed by atoms with Gasteiger partial charge in [-0.2, -0.15) is 18.4 Å². The summed E-state index contributed by atoms with van der Waals surface area (Å²) in [5, 5.41) is 15.6. The molecular formula is C23H19F3N4O2. The van der Waals surface area contributed by atoms with Gasteiger partial charge in [-0.1, -0.05) is 30.8 Å². The number of alkyl halides is 3. The van der Waals surface area contributed by atoms with Crippen LogP contribution in [0.2, 0.25) is 0 Å². The molecule has 0 aliphatic carbocycles. The van der Waals surface area contributed by atoms with Crippen molar-refractivity contribution >= 4 is 22.4 Å². The normalized spacial score (nSPS) is 11.0. The second-order valence-corrected chi connectivity index (χ2v) is 6.85. The molecule has 0 bridgehead atoms. The van der Waals surface area contributed by atoms with E-state index in [1.54, 1.807) is 24.3 Å². The molecule has 164 valence electrons. The van der Waals surface area contributed by atoms with E-state index in [1.807, 2.05) is 29.6 Å². The van der Waals surface area contributed by atoms with Crippen molar-refractivity contribution in [3.63, 3.8) is 0 Å². The lowest BCUT2D eigenvalue weighted by atomic mass is 10.0. The van der Waals surface area contributed by atoms with Gasteiger partial charge in [0, 0.05) is 23.1 Å². The minimum atomic E-state index is -4.51. The largest absolute Gasteiger partial charge is 0.495 e. The van der Waals surface area contributed by atoms with Gasteiger partial charge in [-0.25, -0.2) is 4.98 Å². The molecular weight excluding hydrogens is 421 g/mol. The van der Waals surface area contributed by atoms with Crippen molar-refractivity contribution in [1.82, 2.24) is 10.3 Å². The molecule has 0 unspecified atom stereocenters. The zero-order chi connectivity index (χ0) is 23.3. The first-order valence-corrected chi connectivity index (χ1v) is 9.46. The van der Waals surface area contributed by atoms with Crippen LogP contribution in [0.5, 0.6) is 5.75 Å². The highest BCUT2D eigenvalue weighted by atomic mass is 19.4. The molecule has 0 radical (unpaired) electrons. The Morgan fingerprint density at radius 2 is 1.97 bits per heavy atom. The van der Waals surface area contributed by atoms with E-state index in [2.05, 4.69) is 16.9 Å². The number of nitrogens with zero attached hydrogens (tertiary/aromatic N) is 2. The summed E-state index contributed by atoms with van der Waals surface area (Å²) in [6.07, 6.45) is -4.51. The first-order chi connectivity index (χ1) is 15.2. The summed E-state index contributed by atoms with van der Waals surface area (Å²) in [6.45, 7) is 2.45. The Labute approximate surface area is 182 Å². The number of methoxy groups -OCH3 is 1. The van der Waals surface area contributed by atoms with Crippen LogP contribution in [-0.2, 0) is 0 Å². The number of carbonyl (C=O) groups is 1. The molecule has 32 heavy (non-hydrogen) atoms. The quantitative estimate of drug-likeness (QED) is 0.521. The number of hydrogen-bond acceptors (Lipinski definition) is 5. The van der Waals surface area contributed by atoms with E-state index in [9.17, 15) is 18.0 Å². The average molecular weight is 440 g/mol. The topological polar surface area (TPSA) is 87.0 Å². The number of benzene rings is 2. The van der Waals surface area contributed by atoms with E-state index < -0.39 is 18.6 Å². The molecule has 2 aromatic carbocycles. The average Bonchev–Trinajstić information content (AvgIpc) is 2.79. The fourth-order valence-corrected chi connectivity index (χ4v) is 3.04. The monoisotopic (exact) mass is 440 g/mol. The summed E-state index contributed by atoms with van der Waals surface area (Å²) in [5.74, 6) is -0.349. The molecule has 9 heteroatoms. The molecule has 0 saturated carbocycles. The van der Waals surface area contributed by atoms with Crippen molar-refractivity contribution in [3.8, 4) is 23.1 Å². The minimum absolute atomic E-state index is 0.124. The Kier molecular flexibility index (Phi) is 6.64. The number of nitrogens with one attached hydrogen (secondary N) is 2. The van der Waals surface area contributed by atoms with E-state index in [0.29, 0.717) is 28.3 Å². The predicted molar refractivity (Wildman–Crippen MR) is 115 cm³/mol. The van der Waals surface area contributed by atoms with Crippen LogP contribution in [-0.4, -0.2) is 37.3 Å². The zero-order valence-electron chi connectivity index (χ0n) is 17.1. The third-order valence-electron chi connectivity index (χ3n) is 4.57. The van der Waals surface area contributed by atoms with Crippen molar-refractivity contribution in [1.29, 1.82) is 5.26 Å². The Morgan fingerprint density at radius 1 is 1.22 bits per heavy atom. The van der Waals surface area contributed by atoms with Crippen LogP contribution in [0.3, 0.4) is 0 Å². The first kappa shape index (κ1) is 22.6. The standard InChI is InChI=1S/C23H19F3N4O2/c1-14(11-27)12-28-21-17-10-16(7-6-15(17)8-9-20(21)32-2)18-4-3-5-19(30-18)22(31)29-13-23(24,25)26/h3-10,28H,1,12-13H2,2H3,(H,29,31). The maximum atomic E-state index is 12.4. The lowest BCUT2D eigenvalue weighted by molar-refractivity contribution is -0.123. The second-order valence-electron chi connectivity index (χ2n) is 6.85. The van der Waals surface area contributed by atoms with Gasteiger partial charge in [0.15, 0.2) is 0 Å². The Bertz CT molecular complexity index is 1220. The maximum absolute atomic E-state index is 12.4. The molecule has 0 aliphatic heterocycles. The summed E-state index contributed by atoms with van der Waals surface area (Å²) in [4.78, 5) is 16.3. The number of fused-ring (bicyclic) bond motifs is 1. The number of amides is 1. The van der Waals surface area contributed by atoms with Crippen molar-refractivity contribution < 1.29 is 22.7 Å². The highest BCUT2D eigenvalue weighted by molar-refractivity contribution is 5.99. The molecule has 0 saturated heterocycles. The highest BCUT2D eigenvalue weighted by Crippen LogP contribution is 2.35. The van der Waals surface area contributed by atoms with Gasteiger partial charge in [-0.3, -0.25) is 4.79 Å². The van der Waals surface area contributed by atoms with Gasteiger partial charge in [0.05, 0.1) is 24.6 Å². The molecule has 2 N–H and O–H groups in total. The number of pyridine rings is 1. The fraction of sp³-hybridized carbons (Fsp3) is 0.174. The third-order valence-corrected chi connectivity index (χ3v) is 4.57. The van der Waals surface area contributed by atoms with E-state index in [-0.39, 0.29) is 12.2 Å². The van der Waals surface area contributed by atoms with Crippen LogP contribution in [0.15, 0.2) is 60.7 Å². The van der Waals surface area contributed by atoms with Crippen LogP contribution in [0.1, 0.15) is 10.5 Å². The van der Waals surface area contributed by atoms with Crippen molar-refractivity contribution in [2.24, 2.45) is 0 Å². The summed E-state index contributed by atoms with van der Waals surface area (Å²) in [5.41, 5.74) is 1.95. The van der Waals surface area contributed by atoms with Crippen molar-refractivity contribution in [3.05, 3.63) is 66.4 Å². The zero-order valence-corrected chi connectivity index (χ0v) is 17.1. The lowest BCUT2D eigenvalue weighted by Gasteiger charge is -2.15. The molecule has 0 atom stereocenters. The molecule has 1 aromatic heterocycles. The fourth-order valence-electron chi connectivity index (χ4n) is 3.04. The lowest BCUT2D eigenvalue weighted by Crippen LogP contribution is -2.34. The van der Waals surface area contributed by atoms with Gasteiger partial charge in [-0.15, -0.1) is 0 Å². The van der Waals surface area contributed by atoms with E-state index in [4.69, 9.17) is 10.00 Å². The highest BCUT2D eigenvalue weighted by Gasteiger charge is 2.28. The van der Waals surface area contributed by atoms with Gasteiger partial charge < -0.3 is 15.4 Å². The Hall–Kier alpha value is -4.06. The minimum Gasteiger partial charge on any atom is -0.495 e. The van der Waals surface area contributed by atoms with Crippen molar-refractivity contribution in [2.45, 2.75) is 6.18 Å². The van der Waals surface area contributed by atoms with Crippen LogP contribution in [0.4, 0.5) is 18.9 Å². The number of hydrogen-bond donors (Lipinski definition) is 2. The molecule has 0 fully saturated rings. The van der Waals surface area contributed by atoms with Crippen LogP contribution >= 0.6 is 0 Å². The van der Waals surface area contributed by atoms with Crippen LogP contribution < -0.4 is 15.4 Å². The summed E-state index contributed by atoms with van der Waals surface area (Å²) in [7, 11) is 1.53. The summed E-state index contributed by atoms with van der Waals surface area (Å²) in [6, 6.07) is 15.7.